The number of rotatable bonds is 6. The van der Waals surface area contributed by atoms with Crippen LogP contribution in [0.15, 0.2) is 18.2 Å². The summed E-state index contributed by atoms with van der Waals surface area (Å²) in [6.07, 6.45) is 0. The quantitative estimate of drug-likeness (QED) is 0.842. The summed E-state index contributed by atoms with van der Waals surface area (Å²) in [7, 11) is 0. The van der Waals surface area contributed by atoms with E-state index in [2.05, 4.69) is 5.32 Å². The number of carbonyl (C=O) groups excluding carboxylic acids is 1. The highest BCUT2D eigenvalue weighted by Gasteiger charge is 2.15. The van der Waals surface area contributed by atoms with Crippen LogP contribution in [-0.2, 0) is 4.79 Å². The predicted molar refractivity (Wildman–Crippen MR) is 75.5 cm³/mol. The van der Waals surface area contributed by atoms with Crippen LogP contribution in [0.4, 0.5) is 0 Å². The van der Waals surface area contributed by atoms with Crippen molar-refractivity contribution < 1.29 is 14.6 Å². The maximum Gasteiger partial charge on any atom is 0.258 e. The highest BCUT2D eigenvalue weighted by molar-refractivity contribution is 6.32. The molecule has 1 aromatic rings. The molecule has 106 valence electrons. The Morgan fingerprint density at radius 2 is 2.16 bits per heavy atom. The van der Waals surface area contributed by atoms with Gasteiger partial charge in [0.1, 0.15) is 5.75 Å². The van der Waals surface area contributed by atoms with Crippen molar-refractivity contribution in [1.82, 2.24) is 5.32 Å². The molecule has 1 rings (SSSR count). The zero-order valence-corrected chi connectivity index (χ0v) is 12.2. The number of ether oxygens (including phenoxy) is 1. The molecule has 0 aromatic heterocycles. The monoisotopic (exact) mass is 285 g/mol. The van der Waals surface area contributed by atoms with Crippen LogP contribution in [0.3, 0.4) is 0 Å². The first-order chi connectivity index (χ1) is 8.93. The van der Waals surface area contributed by atoms with Crippen LogP contribution in [0.5, 0.6) is 5.75 Å². The Balaban J connectivity index is 2.52. The number of aliphatic hydroxyl groups excluding tert-OH is 1. The highest BCUT2D eigenvalue weighted by atomic mass is 35.5. The van der Waals surface area contributed by atoms with E-state index in [0.717, 1.165) is 5.56 Å². The number of nitrogens with one attached hydrogen (secondary N) is 1. The lowest BCUT2D eigenvalue weighted by Gasteiger charge is -2.20. The van der Waals surface area contributed by atoms with Gasteiger partial charge in [-0.1, -0.05) is 31.5 Å². The molecule has 0 bridgehead atoms. The van der Waals surface area contributed by atoms with E-state index < -0.39 is 0 Å². The maximum atomic E-state index is 11.7. The molecule has 4 nitrogen and oxygen atoms in total. The molecule has 1 atom stereocenters. The first-order valence-electron chi connectivity index (χ1n) is 6.23. The van der Waals surface area contributed by atoms with Gasteiger partial charge in [0.15, 0.2) is 6.61 Å². The van der Waals surface area contributed by atoms with Crippen molar-refractivity contribution in [2.75, 3.05) is 13.2 Å². The summed E-state index contributed by atoms with van der Waals surface area (Å²) in [6, 6.07) is 5.12. The van der Waals surface area contributed by atoms with E-state index >= 15 is 0 Å². The van der Waals surface area contributed by atoms with Crippen molar-refractivity contribution in [3.8, 4) is 5.75 Å². The van der Waals surface area contributed by atoms with Gasteiger partial charge in [-0.25, -0.2) is 0 Å². The number of aryl methyl sites for hydroxylation is 1. The summed E-state index contributed by atoms with van der Waals surface area (Å²) >= 11 is 5.97. The Bertz CT molecular complexity index is 435. The summed E-state index contributed by atoms with van der Waals surface area (Å²) in [5, 5.41) is 12.3. The molecular weight excluding hydrogens is 266 g/mol. The van der Waals surface area contributed by atoms with Crippen molar-refractivity contribution in [3.05, 3.63) is 28.8 Å². The van der Waals surface area contributed by atoms with Crippen LogP contribution in [0.25, 0.3) is 0 Å². The number of benzene rings is 1. The fourth-order valence-corrected chi connectivity index (χ4v) is 1.71. The van der Waals surface area contributed by atoms with Crippen LogP contribution in [0, 0.1) is 12.8 Å². The maximum absolute atomic E-state index is 11.7. The fourth-order valence-electron chi connectivity index (χ4n) is 1.54. The minimum atomic E-state index is -0.273. The van der Waals surface area contributed by atoms with Gasteiger partial charge in [0.25, 0.3) is 5.91 Å². The Kier molecular flexibility index (Phi) is 6.12. The second kappa shape index (κ2) is 7.36. The molecule has 0 aliphatic carbocycles. The molecule has 0 unspecified atom stereocenters. The Hall–Kier alpha value is -1.26. The molecule has 0 aliphatic rings. The summed E-state index contributed by atoms with van der Waals surface area (Å²) in [6.45, 7) is 5.57. The Labute approximate surface area is 118 Å². The smallest absolute Gasteiger partial charge is 0.258 e. The predicted octanol–water partition coefficient (Wildman–Crippen LogP) is 2.16. The molecule has 19 heavy (non-hydrogen) atoms. The van der Waals surface area contributed by atoms with Gasteiger partial charge in [0.05, 0.1) is 17.7 Å². The second-order valence-corrected chi connectivity index (χ2v) is 5.23. The van der Waals surface area contributed by atoms with Gasteiger partial charge in [-0.05, 0) is 30.5 Å². The first-order valence-corrected chi connectivity index (χ1v) is 6.61. The number of hydrogen-bond donors (Lipinski definition) is 2. The molecule has 1 aromatic carbocycles. The molecule has 0 aliphatic heterocycles. The Morgan fingerprint density at radius 3 is 2.74 bits per heavy atom. The van der Waals surface area contributed by atoms with E-state index in [4.69, 9.17) is 21.4 Å². The third-order valence-corrected chi connectivity index (χ3v) is 3.11. The molecule has 5 heteroatoms. The van der Waals surface area contributed by atoms with Gasteiger partial charge in [0.2, 0.25) is 0 Å². The van der Waals surface area contributed by atoms with Crippen molar-refractivity contribution >= 4 is 17.5 Å². The molecule has 0 heterocycles. The molecule has 0 spiro atoms. The van der Waals surface area contributed by atoms with Crippen LogP contribution in [-0.4, -0.2) is 30.3 Å². The molecule has 0 saturated heterocycles. The molecule has 0 radical (unpaired) electrons. The standard InChI is InChI=1S/C14H20ClNO3/c1-9(2)12(7-17)16-14(18)8-19-13-6-10(3)4-5-11(13)15/h4-6,9,12,17H,7-8H2,1-3H3,(H,16,18)/t12-/m1/s1. The minimum absolute atomic E-state index is 0.0887. The van der Waals surface area contributed by atoms with Gasteiger partial charge in [-0.2, -0.15) is 0 Å². The lowest BCUT2D eigenvalue weighted by Crippen LogP contribution is -2.43. The number of hydrogen-bond acceptors (Lipinski definition) is 3. The molecular formula is C14H20ClNO3. The van der Waals surface area contributed by atoms with Gasteiger partial charge in [-0.15, -0.1) is 0 Å². The molecule has 0 saturated carbocycles. The summed E-state index contributed by atoms with van der Waals surface area (Å²) < 4.78 is 5.38. The number of carbonyl (C=O) groups is 1. The number of halogens is 1. The lowest BCUT2D eigenvalue weighted by molar-refractivity contribution is -0.124. The topological polar surface area (TPSA) is 58.6 Å². The van der Waals surface area contributed by atoms with E-state index in [9.17, 15) is 4.79 Å². The van der Waals surface area contributed by atoms with Gasteiger partial charge >= 0.3 is 0 Å². The van der Waals surface area contributed by atoms with Crippen molar-refractivity contribution in [1.29, 1.82) is 0 Å². The summed E-state index contributed by atoms with van der Waals surface area (Å²) in [4.78, 5) is 11.7. The van der Waals surface area contributed by atoms with E-state index in [0.29, 0.717) is 10.8 Å². The molecule has 1 amide bonds. The summed E-state index contributed by atoms with van der Waals surface area (Å²) in [5.74, 6) is 0.378. The zero-order chi connectivity index (χ0) is 14.4. The van der Waals surface area contributed by atoms with Gasteiger partial charge in [-0.3, -0.25) is 4.79 Å². The minimum Gasteiger partial charge on any atom is -0.482 e. The first kappa shape index (κ1) is 15.8. The third kappa shape index (κ3) is 5.09. The van der Waals surface area contributed by atoms with E-state index in [1.807, 2.05) is 26.8 Å². The third-order valence-electron chi connectivity index (χ3n) is 2.79. The summed E-state index contributed by atoms with van der Waals surface area (Å²) in [5.41, 5.74) is 1.01. The SMILES string of the molecule is Cc1ccc(Cl)c(OCC(=O)N[C@H](CO)C(C)C)c1. The van der Waals surface area contributed by atoms with Crippen LogP contribution >= 0.6 is 11.6 Å². The van der Waals surface area contributed by atoms with Crippen molar-refractivity contribution in [2.24, 2.45) is 5.92 Å². The van der Waals surface area contributed by atoms with E-state index in [1.54, 1.807) is 12.1 Å². The number of aliphatic hydroxyl groups is 1. The van der Waals surface area contributed by atoms with Crippen molar-refractivity contribution in [2.45, 2.75) is 26.8 Å². The average Bonchev–Trinajstić information content (AvgIpc) is 2.36. The van der Waals surface area contributed by atoms with Crippen LogP contribution < -0.4 is 10.1 Å². The Morgan fingerprint density at radius 1 is 1.47 bits per heavy atom. The van der Waals surface area contributed by atoms with E-state index in [-0.39, 0.29) is 31.1 Å². The van der Waals surface area contributed by atoms with Crippen molar-refractivity contribution in [3.63, 3.8) is 0 Å². The van der Waals surface area contributed by atoms with Gasteiger partial charge < -0.3 is 15.2 Å². The van der Waals surface area contributed by atoms with Crippen LogP contribution in [0.1, 0.15) is 19.4 Å². The van der Waals surface area contributed by atoms with Crippen LogP contribution in [0.2, 0.25) is 5.02 Å². The average molecular weight is 286 g/mol. The molecule has 2 N–H and O–H groups in total. The highest BCUT2D eigenvalue weighted by Crippen LogP contribution is 2.25. The largest absolute Gasteiger partial charge is 0.482 e. The van der Waals surface area contributed by atoms with E-state index in [1.165, 1.54) is 0 Å². The fraction of sp³-hybridized carbons (Fsp3) is 0.500. The normalized spacial score (nSPS) is 12.3. The second-order valence-electron chi connectivity index (χ2n) is 4.82. The molecule has 0 fully saturated rings. The lowest BCUT2D eigenvalue weighted by atomic mass is 10.1. The number of amides is 1. The van der Waals surface area contributed by atoms with Gasteiger partial charge in [0, 0.05) is 0 Å². The zero-order valence-electron chi connectivity index (χ0n) is 11.4.